The lowest BCUT2D eigenvalue weighted by molar-refractivity contribution is 0.0986. The first-order chi connectivity index (χ1) is 14.6. The predicted molar refractivity (Wildman–Crippen MR) is 128 cm³/mol. The van der Waals surface area contributed by atoms with E-state index in [0.717, 1.165) is 28.7 Å². The molecule has 1 heterocycles. The van der Waals surface area contributed by atoms with Gasteiger partial charge in [0.05, 0.1) is 20.9 Å². The third-order valence-corrected chi connectivity index (χ3v) is 8.17. The number of carbonyl (C=O) groups is 1. The van der Waals surface area contributed by atoms with Crippen LogP contribution in [0.2, 0.25) is 0 Å². The molecule has 0 aliphatic heterocycles. The van der Waals surface area contributed by atoms with Crippen LogP contribution in [0.4, 0.5) is 5.13 Å². The molecule has 0 N–H and O–H groups in total. The summed E-state index contributed by atoms with van der Waals surface area (Å²) in [5.74, 6) is -0.144. The number of hydrogen-bond donors (Lipinski definition) is 0. The van der Waals surface area contributed by atoms with Gasteiger partial charge in [0.2, 0.25) is 0 Å². The number of aryl methyl sites for hydroxylation is 2. The molecule has 3 rings (SSSR count). The lowest BCUT2D eigenvalue weighted by Crippen LogP contribution is -2.33. The number of anilines is 1. The van der Waals surface area contributed by atoms with Crippen molar-refractivity contribution in [3.05, 3.63) is 53.1 Å². The van der Waals surface area contributed by atoms with Crippen molar-refractivity contribution in [2.24, 2.45) is 0 Å². The van der Waals surface area contributed by atoms with Crippen LogP contribution in [0.15, 0.2) is 41.3 Å². The molecule has 0 saturated carbocycles. The van der Waals surface area contributed by atoms with Crippen molar-refractivity contribution in [2.75, 3.05) is 37.8 Å². The molecule has 6 nitrogen and oxygen atoms in total. The minimum Gasteiger partial charge on any atom is -0.309 e. The standard InChI is InChI=1S/C23H29N3O3S2/c1-6-31(28,29)19-11-9-18(10-12-19)22(27)26(15-7-14-25(4)5)23-24-21-17(3)16(2)8-13-20(21)30-23/h8-13H,6-7,14-15H2,1-5H3. The third kappa shape index (κ3) is 5.14. The molecule has 166 valence electrons. The van der Waals surface area contributed by atoms with Gasteiger partial charge >= 0.3 is 0 Å². The minimum atomic E-state index is -3.30. The number of amides is 1. The first-order valence-electron chi connectivity index (χ1n) is 10.3. The lowest BCUT2D eigenvalue weighted by atomic mass is 10.1. The van der Waals surface area contributed by atoms with E-state index in [1.54, 1.807) is 24.0 Å². The molecular formula is C23H29N3O3S2. The van der Waals surface area contributed by atoms with E-state index < -0.39 is 9.84 Å². The molecule has 0 bridgehead atoms. The summed E-state index contributed by atoms with van der Waals surface area (Å²) in [6.07, 6.45) is 0.801. The number of sulfone groups is 1. The van der Waals surface area contributed by atoms with Gasteiger partial charge in [-0.05, 0) is 82.4 Å². The summed E-state index contributed by atoms with van der Waals surface area (Å²) in [6, 6.07) is 10.3. The van der Waals surface area contributed by atoms with Gasteiger partial charge in [-0.2, -0.15) is 0 Å². The summed E-state index contributed by atoms with van der Waals surface area (Å²) in [5, 5.41) is 0.665. The highest BCUT2D eigenvalue weighted by Gasteiger charge is 2.22. The number of rotatable bonds is 8. The van der Waals surface area contributed by atoms with Crippen molar-refractivity contribution in [1.82, 2.24) is 9.88 Å². The Hall–Kier alpha value is -2.29. The Morgan fingerprint density at radius 3 is 2.32 bits per heavy atom. The van der Waals surface area contributed by atoms with Gasteiger partial charge < -0.3 is 4.90 Å². The molecule has 0 radical (unpaired) electrons. The van der Waals surface area contributed by atoms with Gasteiger partial charge in [0, 0.05) is 12.1 Å². The molecule has 0 fully saturated rings. The maximum Gasteiger partial charge on any atom is 0.260 e. The lowest BCUT2D eigenvalue weighted by Gasteiger charge is -2.21. The van der Waals surface area contributed by atoms with Crippen LogP contribution in [0.25, 0.3) is 10.2 Å². The van der Waals surface area contributed by atoms with Crippen molar-refractivity contribution in [1.29, 1.82) is 0 Å². The average molecular weight is 460 g/mol. The molecule has 31 heavy (non-hydrogen) atoms. The van der Waals surface area contributed by atoms with Gasteiger partial charge in [0.25, 0.3) is 5.91 Å². The largest absolute Gasteiger partial charge is 0.309 e. The van der Waals surface area contributed by atoms with Crippen molar-refractivity contribution < 1.29 is 13.2 Å². The fraction of sp³-hybridized carbons (Fsp3) is 0.391. The van der Waals surface area contributed by atoms with E-state index in [1.165, 1.54) is 29.0 Å². The van der Waals surface area contributed by atoms with Crippen LogP contribution in [-0.4, -0.2) is 57.1 Å². The quantitative estimate of drug-likeness (QED) is 0.502. The summed E-state index contributed by atoms with van der Waals surface area (Å²) in [7, 11) is 0.702. The van der Waals surface area contributed by atoms with E-state index in [1.807, 2.05) is 27.1 Å². The summed E-state index contributed by atoms with van der Waals surface area (Å²) in [6.45, 7) is 7.09. The number of fused-ring (bicyclic) bond motifs is 1. The molecule has 2 aromatic carbocycles. The molecule has 8 heteroatoms. The fourth-order valence-electron chi connectivity index (χ4n) is 3.29. The molecule has 0 saturated heterocycles. The van der Waals surface area contributed by atoms with Crippen LogP contribution in [-0.2, 0) is 9.84 Å². The van der Waals surface area contributed by atoms with Gasteiger partial charge in [-0.25, -0.2) is 13.4 Å². The Labute approximate surface area is 188 Å². The number of carbonyl (C=O) groups excluding carboxylic acids is 1. The minimum absolute atomic E-state index is 0.0292. The molecule has 0 aliphatic rings. The first kappa shape index (κ1) is 23.4. The normalized spacial score (nSPS) is 11.9. The van der Waals surface area contributed by atoms with Crippen LogP contribution >= 0.6 is 11.3 Å². The van der Waals surface area contributed by atoms with E-state index in [4.69, 9.17) is 4.98 Å². The van der Waals surface area contributed by atoms with Crippen molar-refractivity contribution in [2.45, 2.75) is 32.1 Å². The van der Waals surface area contributed by atoms with Gasteiger partial charge in [-0.15, -0.1) is 0 Å². The van der Waals surface area contributed by atoms with E-state index >= 15 is 0 Å². The van der Waals surface area contributed by atoms with E-state index in [2.05, 4.69) is 17.9 Å². The van der Waals surface area contributed by atoms with Gasteiger partial charge in [-0.1, -0.05) is 24.3 Å². The maximum atomic E-state index is 13.4. The van der Waals surface area contributed by atoms with Crippen LogP contribution < -0.4 is 4.90 Å². The third-order valence-electron chi connectivity index (χ3n) is 5.38. The second-order valence-electron chi connectivity index (χ2n) is 7.89. The van der Waals surface area contributed by atoms with Crippen LogP contribution in [0.3, 0.4) is 0 Å². The number of benzene rings is 2. The van der Waals surface area contributed by atoms with Crippen LogP contribution in [0.5, 0.6) is 0 Å². The number of hydrogen-bond acceptors (Lipinski definition) is 6. The van der Waals surface area contributed by atoms with Gasteiger partial charge in [0.15, 0.2) is 15.0 Å². The fourth-order valence-corrected chi connectivity index (χ4v) is 5.22. The second kappa shape index (κ2) is 9.46. The Bertz CT molecular complexity index is 1180. The van der Waals surface area contributed by atoms with E-state index in [0.29, 0.717) is 17.2 Å². The van der Waals surface area contributed by atoms with Crippen molar-refractivity contribution in [3.63, 3.8) is 0 Å². The highest BCUT2D eigenvalue weighted by molar-refractivity contribution is 7.91. The van der Waals surface area contributed by atoms with Crippen LogP contribution in [0.1, 0.15) is 34.8 Å². The Balaban J connectivity index is 1.97. The van der Waals surface area contributed by atoms with E-state index in [9.17, 15) is 13.2 Å². The molecule has 1 aromatic heterocycles. The summed E-state index contributed by atoms with van der Waals surface area (Å²) < 4.78 is 25.2. The molecule has 0 aliphatic carbocycles. The number of nitrogens with zero attached hydrogens (tertiary/aromatic N) is 3. The van der Waals surface area contributed by atoms with Crippen LogP contribution in [0, 0.1) is 13.8 Å². The topological polar surface area (TPSA) is 70.6 Å². The molecule has 1 amide bonds. The Kier molecular flexibility index (Phi) is 7.13. The average Bonchev–Trinajstić information content (AvgIpc) is 3.18. The molecule has 0 unspecified atom stereocenters. The smallest absolute Gasteiger partial charge is 0.260 e. The summed E-state index contributed by atoms with van der Waals surface area (Å²) >= 11 is 1.51. The first-order valence-corrected chi connectivity index (χ1v) is 12.8. The monoisotopic (exact) mass is 459 g/mol. The SMILES string of the molecule is CCS(=O)(=O)c1ccc(C(=O)N(CCCN(C)C)c2nc3c(C)c(C)ccc3s2)cc1. The summed E-state index contributed by atoms with van der Waals surface area (Å²) in [4.78, 5) is 22.2. The Morgan fingerprint density at radius 1 is 1.03 bits per heavy atom. The van der Waals surface area contributed by atoms with E-state index in [-0.39, 0.29) is 16.6 Å². The van der Waals surface area contributed by atoms with Gasteiger partial charge in [0.1, 0.15) is 0 Å². The Morgan fingerprint density at radius 2 is 1.71 bits per heavy atom. The number of thiazole rings is 1. The van der Waals surface area contributed by atoms with Gasteiger partial charge in [-0.3, -0.25) is 9.69 Å². The predicted octanol–water partition coefficient (Wildman–Crippen LogP) is 4.31. The van der Waals surface area contributed by atoms with Crippen molar-refractivity contribution >= 4 is 42.4 Å². The highest BCUT2D eigenvalue weighted by atomic mass is 32.2. The highest BCUT2D eigenvalue weighted by Crippen LogP contribution is 2.32. The molecule has 3 aromatic rings. The molecular weight excluding hydrogens is 430 g/mol. The maximum absolute atomic E-state index is 13.4. The zero-order valence-corrected chi connectivity index (χ0v) is 20.3. The molecule has 0 atom stereocenters. The summed E-state index contributed by atoms with van der Waals surface area (Å²) in [5.41, 5.74) is 3.67. The zero-order valence-electron chi connectivity index (χ0n) is 18.7. The number of aromatic nitrogens is 1. The molecule has 0 spiro atoms. The zero-order chi connectivity index (χ0) is 22.8. The van der Waals surface area contributed by atoms with Crippen molar-refractivity contribution in [3.8, 4) is 0 Å². The second-order valence-corrected chi connectivity index (χ2v) is 11.2.